The van der Waals surface area contributed by atoms with Crippen molar-refractivity contribution in [3.63, 3.8) is 0 Å². The van der Waals surface area contributed by atoms with E-state index in [0.717, 1.165) is 0 Å². The Morgan fingerprint density at radius 1 is 1.00 bits per heavy atom. The smallest absolute Gasteiger partial charge is 0.228 e. The standard InChI is InChI=1S/C16H17F3N2O2/c17-11-5-12(18)14(13(19)6-11)15(22)9-1-3-21(4-2-9)16(23)10-7-20-8-10/h5-6,9-10,20H,1-4,7-8H2. The molecule has 0 radical (unpaired) electrons. The Kier molecular flexibility index (Phi) is 4.39. The van der Waals surface area contributed by atoms with Gasteiger partial charge in [0.05, 0.1) is 11.5 Å². The topological polar surface area (TPSA) is 49.4 Å². The molecule has 0 aromatic heterocycles. The van der Waals surface area contributed by atoms with Gasteiger partial charge in [-0.05, 0) is 12.8 Å². The van der Waals surface area contributed by atoms with Gasteiger partial charge in [0.15, 0.2) is 5.78 Å². The first-order valence-corrected chi connectivity index (χ1v) is 7.65. The van der Waals surface area contributed by atoms with Crippen LogP contribution in [0.25, 0.3) is 0 Å². The van der Waals surface area contributed by atoms with Crippen LogP contribution in [0.5, 0.6) is 0 Å². The minimum absolute atomic E-state index is 0.00533. The number of amides is 1. The van der Waals surface area contributed by atoms with E-state index in [1.54, 1.807) is 4.90 Å². The van der Waals surface area contributed by atoms with Crippen molar-refractivity contribution in [1.82, 2.24) is 10.2 Å². The van der Waals surface area contributed by atoms with Crippen molar-refractivity contribution in [3.05, 3.63) is 35.1 Å². The summed E-state index contributed by atoms with van der Waals surface area (Å²) >= 11 is 0. The Bertz CT molecular complexity index is 615. The molecule has 1 N–H and O–H groups in total. The summed E-state index contributed by atoms with van der Waals surface area (Å²) < 4.78 is 40.3. The molecule has 3 rings (SSSR count). The molecule has 0 bridgehead atoms. The zero-order valence-corrected chi connectivity index (χ0v) is 12.4. The molecule has 2 heterocycles. The van der Waals surface area contributed by atoms with Crippen LogP contribution in [0, 0.1) is 29.3 Å². The van der Waals surface area contributed by atoms with Crippen molar-refractivity contribution in [3.8, 4) is 0 Å². The lowest BCUT2D eigenvalue weighted by Gasteiger charge is -2.36. The molecular formula is C16H17F3N2O2. The molecule has 0 spiro atoms. The minimum Gasteiger partial charge on any atom is -0.342 e. The highest BCUT2D eigenvalue weighted by Crippen LogP contribution is 2.26. The average Bonchev–Trinajstić information content (AvgIpc) is 2.44. The highest BCUT2D eigenvalue weighted by atomic mass is 19.1. The van der Waals surface area contributed by atoms with Crippen LogP contribution in [0.2, 0.25) is 0 Å². The largest absolute Gasteiger partial charge is 0.342 e. The molecule has 2 aliphatic rings. The Balaban J connectivity index is 1.65. The summed E-state index contributed by atoms with van der Waals surface area (Å²) in [7, 11) is 0. The first kappa shape index (κ1) is 16.0. The third kappa shape index (κ3) is 3.10. The zero-order chi connectivity index (χ0) is 16.6. The van der Waals surface area contributed by atoms with Gasteiger partial charge in [-0.25, -0.2) is 13.2 Å². The van der Waals surface area contributed by atoms with Crippen LogP contribution in [0.3, 0.4) is 0 Å². The first-order valence-electron chi connectivity index (χ1n) is 7.65. The number of hydrogen-bond acceptors (Lipinski definition) is 3. The summed E-state index contributed by atoms with van der Waals surface area (Å²) in [5.74, 6) is -4.54. The second-order valence-corrected chi connectivity index (χ2v) is 6.06. The van der Waals surface area contributed by atoms with E-state index in [1.807, 2.05) is 0 Å². The molecule has 2 aliphatic heterocycles. The maximum Gasteiger partial charge on any atom is 0.228 e. The number of likely N-dealkylation sites (tertiary alicyclic amines) is 1. The number of ketones is 1. The van der Waals surface area contributed by atoms with E-state index < -0.39 is 34.7 Å². The van der Waals surface area contributed by atoms with E-state index in [4.69, 9.17) is 0 Å². The van der Waals surface area contributed by atoms with Crippen LogP contribution < -0.4 is 5.32 Å². The number of Topliss-reactive ketones (excluding diaryl/α,β-unsaturated/α-hetero) is 1. The van der Waals surface area contributed by atoms with Crippen LogP contribution >= 0.6 is 0 Å². The fraction of sp³-hybridized carbons (Fsp3) is 0.500. The van der Waals surface area contributed by atoms with Crippen molar-refractivity contribution >= 4 is 11.7 Å². The normalized spacial score (nSPS) is 19.5. The van der Waals surface area contributed by atoms with Crippen molar-refractivity contribution in [2.45, 2.75) is 12.8 Å². The fourth-order valence-electron chi connectivity index (χ4n) is 3.07. The molecule has 1 aromatic carbocycles. The maximum atomic E-state index is 13.7. The van der Waals surface area contributed by atoms with Crippen molar-refractivity contribution in [1.29, 1.82) is 0 Å². The van der Waals surface area contributed by atoms with Crippen LogP contribution in [0.1, 0.15) is 23.2 Å². The van der Waals surface area contributed by atoms with Gasteiger partial charge in [0.25, 0.3) is 0 Å². The summed E-state index contributed by atoms with van der Waals surface area (Å²) in [4.78, 5) is 26.1. The molecule has 2 fully saturated rings. The van der Waals surface area contributed by atoms with Gasteiger partial charge in [-0.1, -0.05) is 0 Å². The highest BCUT2D eigenvalue weighted by molar-refractivity contribution is 5.98. The first-order chi connectivity index (χ1) is 11.0. The van der Waals surface area contributed by atoms with Crippen molar-refractivity contribution in [2.24, 2.45) is 11.8 Å². The monoisotopic (exact) mass is 326 g/mol. The summed E-state index contributed by atoms with van der Waals surface area (Å²) in [5, 5.41) is 3.03. The van der Waals surface area contributed by atoms with Gasteiger partial charge < -0.3 is 10.2 Å². The van der Waals surface area contributed by atoms with E-state index >= 15 is 0 Å². The van der Waals surface area contributed by atoms with Gasteiger partial charge in [0, 0.05) is 44.2 Å². The van der Waals surface area contributed by atoms with E-state index in [1.165, 1.54) is 0 Å². The zero-order valence-electron chi connectivity index (χ0n) is 12.4. The van der Waals surface area contributed by atoms with Crippen LogP contribution in [0.4, 0.5) is 13.2 Å². The Labute approximate surface area is 131 Å². The number of carbonyl (C=O) groups is 2. The summed E-state index contributed by atoms with van der Waals surface area (Å²) in [6.45, 7) is 2.14. The molecule has 1 aromatic rings. The maximum absolute atomic E-state index is 13.7. The van der Waals surface area contributed by atoms with E-state index in [9.17, 15) is 22.8 Å². The van der Waals surface area contributed by atoms with Gasteiger partial charge in [0.2, 0.25) is 5.91 Å². The number of nitrogens with one attached hydrogen (secondary N) is 1. The number of benzene rings is 1. The minimum atomic E-state index is -1.17. The highest BCUT2D eigenvalue weighted by Gasteiger charge is 2.34. The molecule has 0 unspecified atom stereocenters. The fourth-order valence-corrected chi connectivity index (χ4v) is 3.07. The number of rotatable bonds is 3. The summed E-state index contributed by atoms with van der Waals surface area (Å²) in [6.07, 6.45) is 0.724. The van der Waals surface area contributed by atoms with Gasteiger partial charge in [-0.2, -0.15) is 0 Å². The lowest BCUT2D eigenvalue weighted by molar-refractivity contribution is -0.138. The number of piperidine rings is 1. The second kappa shape index (κ2) is 6.31. The molecule has 1 amide bonds. The second-order valence-electron chi connectivity index (χ2n) is 6.06. The SMILES string of the molecule is O=C(c1c(F)cc(F)cc1F)C1CCN(C(=O)C2CNC2)CC1. The van der Waals surface area contributed by atoms with Crippen molar-refractivity contribution < 1.29 is 22.8 Å². The molecule has 23 heavy (non-hydrogen) atoms. The third-order valence-electron chi connectivity index (χ3n) is 4.56. The Hall–Kier alpha value is -1.89. The molecule has 2 saturated heterocycles. The van der Waals surface area contributed by atoms with E-state index in [2.05, 4.69) is 5.32 Å². The predicted octanol–water partition coefficient (Wildman–Crippen LogP) is 1.74. The Morgan fingerprint density at radius 2 is 1.57 bits per heavy atom. The number of nitrogens with zero attached hydrogens (tertiary/aromatic N) is 1. The van der Waals surface area contributed by atoms with Gasteiger partial charge in [0.1, 0.15) is 17.5 Å². The van der Waals surface area contributed by atoms with Crippen LogP contribution in [-0.4, -0.2) is 42.8 Å². The van der Waals surface area contributed by atoms with Crippen LogP contribution in [-0.2, 0) is 4.79 Å². The summed E-state index contributed by atoms with van der Waals surface area (Å²) in [6, 6.07) is 1.02. The van der Waals surface area contributed by atoms with E-state index in [-0.39, 0.29) is 11.8 Å². The lowest BCUT2D eigenvalue weighted by atomic mass is 9.87. The van der Waals surface area contributed by atoms with Gasteiger partial charge in [-0.3, -0.25) is 9.59 Å². The van der Waals surface area contributed by atoms with Crippen LogP contribution in [0.15, 0.2) is 12.1 Å². The molecule has 0 aliphatic carbocycles. The quantitative estimate of drug-likeness (QED) is 0.861. The van der Waals surface area contributed by atoms with Crippen molar-refractivity contribution in [2.75, 3.05) is 26.2 Å². The van der Waals surface area contributed by atoms with Gasteiger partial charge in [-0.15, -0.1) is 0 Å². The molecule has 0 saturated carbocycles. The molecule has 0 atom stereocenters. The van der Waals surface area contributed by atoms with Gasteiger partial charge >= 0.3 is 0 Å². The molecule has 7 heteroatoms. The Morgan fingerprint density at radius 3 is 2.04 bits per heavy atom. The molecule has 4 nitrogen and oxygen atoms in total. The third-order valence-corrected chi connectivity index (χ3v) is 4.56. The average molecular weight is 326 g/mol. The number of halogens is 3. The molecular weight excluding hydrogens is 309 g/mol. The van der Waals surface area contributed by atoms with E-state index in [0.29, 0.717) is 51.2 Å². The lowest BCUT2D eigenvalue weighted by Crippen LogP contribution is -2.53. The summed E-state index contributed by atoms with van der Waals surface area (Å²) in [5.41, 5.74) is -0.681. The number of carbonyl (C=O) groups excluding carboxylic acids is 2. The predicted molar refractivity (Wildman–Crippen MR) is 76.3 cm³/mol. The number of hydrogen-bond donors (Lipinski definition) is 1. The molecule has 124 valence electrons.